The fourth-order valence-corrected chi connectivity index (χ4v) is 3.59. The maximum Gasteiger partial charge on any atom is 0.140 e. The first-order valence-corrected chi connectivity index (χ1v) is 8.89. The molecule has 128 valence electrons. The number of hydrogen-bond donors (Lipinski definition) is 0. The van der Waals surface area contributed by atoms with Gasteiger partial charge in [-0.25, -0.2) is 9.97 Å². The summed E-state index contributed by atoms with van der Waals surface area (Å²) in [5.74, 6) is 2.88. The summed E-state index contributed by atoms with van der Waals surface area (Å²) < 4.78 is 5.36. The van der Waals surface area contributed by atoms with Crippen LogP contribution < -0.4 is 9.64 Å². The monoisotopic (exact) mass is 333 g/mol. The van der Waals surface area contributed by atoms with Gasteiger partial charge in [-0.15, -0.1) is 0 Å². The third kappa shape index (κ3) is 3.16. The molecule has 0 N–H and O–H groups in total. The molecule has 4 rings (SSSR count). The number of para-hydroxylation sites is 1. The van der Waals surface area contributed by atoms with Crippen LogP contribution in [0.4, 0.5) is 5.82 Å². The minimum Gasteiger partial charge on any atom is -0.496 e. The zero-order chi connectivity index (χ0) is 17.2. The summed E-state index contributed by atoms with van der Waals surface area (Å²) in [5.41, 5.74) is 3.38. The molecule has 3 aromatic rings. The largest absolute Gasteiger partial charge is 0.496 e. The van der Waals surface area contributed by atoms with Crippen LogP contribution in [-0.4, -0.2) is 30.2 Å². The maximum atomic E-state index is 5.36. The third-order valence-electron chi connectivity index (χ3n) is 4.86. The average Bonchev–Trinajstić information content (AvgIpc) is 3.16. The minimum atomic E-state index is 0.733. The molecule has 1 aliphatic rings. The van der Waals surface area contributed by atoms with E-state index in [-0.39, 0.29) is 0 Å². The van der Waals surface area contributed by atoms with Crippen molar-refractivity contribution in [2.24, 2.45) is 0 Å². The molecule has 1 aliphatic heterocycles. The Balaban J connectivity index is 1.73. The highest BCUT2D eigenvalue weighted by molar-refractivity contribution is 5.89. The van der Waals surface area contributed by atoms with Gasteiger partial charge in [0, 0.05) is 24.9 Å². The Labute approximate surface area is 148 Å². The zero-order valence-corrected chi connectivity index (χ0v) is 14.8. The van der Waals surface area contributed by atoms with E-state index in [2.05, 4.69) is 42.2 Å². The van der Waals surface area contributed by atoms with Gasteiger partial charge in [0.15, 0.2) is 0 Å². The minimum absolute atomic E-state index is 0.733. The summed E-state index contributed by atoms with van der Waals surface area (Å²) in [6, 6.07) is 14.6. The van der Waals surface area contributed by atoms with Gasteiger partial charge < -0.3 is 9.64 Å². The molecule has 0 aliphatic carbocycles. The Morgan fingerprint density at radius 3 is 2.60 bits per heavy atom. The summed E-state index contributed by atoms with van der Waals surface area (Å²) in [6.45, 7) is 4.24. The van der Waals surface area contributed by atoms with E-state index in [4.69, 9.17) is 14.7 Å². The standard InChI is InChI=1S/C21H23N3O/c1-15-13-16(9-10-19(15)25-2)14-20-22-18-8-4-3-7-17(18)21(23-20)24-11-5-6-12-24/h3-4,7-10,13H,5-6,11-12,14H2,1-2H3. The van der Waals surface area contributed by atoms with Crippen LogP contribution in [0.5, 0.6) is 5.75 Å². The first-order valence-electron chi connectivity index (χ1n) is 8.89. The van der Waals surface area contributed by atoms with Crippen LogP contribution in [0.25, 0.3) is 10.9 Å². The van der Waals surface area contributed by atoms with Crippen LogP contribution >= 0.6 is 0 Å². The highest BCUT2D eigenvalue weighted by Crippen LogP contribution is 2.27. The zero-order valence-electron chi connectivity index (χ0n) is 14.8. The average molecular weight is 333 g/mol. The molecule has 0 spiro atoms. The number of benzene rings is 2. The summed E-state index contributed by atoms with van der Waals surface area (Å²) in [4.78, 5) is 12.1. The van der Waals surface area contributed by atoms with Gasteiger partial charge in [-0.1, -0.05) is 24.3 Å². The summed E-state index contributed by atoms with van der Waals surface area (Å²) in [7, 11) is 1.71. The van der Waals surface area contributed by atoms with Crippen LogP contribution in [0.2, 0.25) is 0 Å². The Morgan fingerprint density at radius 1 is 1.04 bits per heavy atom. The normalized spacial score (nSPS) is 14.2. The van der Waals surface area contributed by atoms with Gasteiger partial charge in [0.1, 0.15) is 17.4 Å². The second-order valence-corrected chi connectivity index (χ2v) is 6.66. The van der Waals surface area contributed by atoms with Gasteiger partial charge >= 0.3 is 0 Å². The molecular formula is C21H23N3O. The molecule has 1 saturated heterocycles. The van der Waals surface area contributed by atoms with Gasteiger partial charge in [0.2, 0.25) is 0 Å². The van der Waals surface area contributed by atoms with E-state index in [9.17, 15) is 0 Å². The smallest absolute Gasteiger partial charge is 0.140 e. The Hall–Kier alpha value is -2.62. The molecule has 4 heteroatoms. The van der Waals surface area contributed by atoms with Crippen molar-refractivity contribution in [3.05, 3.63) is 59.4 Å². The van der Waals surface area contributed by atoms with Crippen molar-refractivity contribution in [1.82, 2.24) is 9.97 Å². The van der Waals surface area contributed by atoms with E-state index in [1.165, 1.54) is 18.4 Å². The lowest BCUT2D eigenvalue weighted by Gasteiger charge is -2.19. The molecule has 2 aromatic carbocycles. The van der Waals surface area contributed by atoms with Crippen molar-refractivity contribution < 1.29 is 4.74 Å². The Kier molecular flexibility index (Phi) is 4.26. The summed E-state index contributed by atoms with van der Waals surface area (Å²) in [5, 5.41) is 1.15. The van der Waals surface area contributed by atoms with Gasteiger partial charge in [0.25, 0.3) is 0 Å². The molecule has 1 fully saturated rings. The molecule has 0 unspecified atom stereocenters. The van der Waals surface area contributed by atoms with Crippen molar-refractivity contribution in [2.45, 2.75) is 26.2 Å². The fourth-order valence-electron chi connectivity index (χ4n) is 3.59. The second kappa shape index (κ2) is 6.71. The Morgan fingerprint density at radius 2 is 1.84 bits per heavy atom. The lowest BCUT2D eigenvalue weighted by Crippen LogP contribution is -2.20. The predicted molar refractivity (Wildman–Crippen MR) is 102 cm³/mol. The molecule has 4 nitrogen and oxygen atoms in total. The molecule has 0 amide bonds. The summed E-state index contributed by atoms with van der Waals surface area (Å²) in [6.07, 6.45) is 3.22. The van der Waals surface area contributed by atoms with Crippen LogP contribution in [0, 0.1) is 6.92 Å². The quantitative estimate of drug-likeness (QED) is 0.719. The van der Waals surface area contributed by atoms with Crippen LogP contribution in [-0.2, 0) is 6.42 Å². The van der Waals surface area contributed by atoms with Crippen LogP contribution in [0.3, 0.4) is 0 Å². The highest BCUT2D eigenvalue weighted by atomic mass is 16.5. The van der Waals surface area contributed by atoms with E-state index >= 15 is 0 Å². The predicted octanol–water partition coefficient (Wildman–Crippen LogP) is 4.14. The maximum absolute atomic E-state index is 5.36. The number of fused-ring (bicyclic) bond motifs is 1. The van der Waals surface area contributed by atoms with Gasteiger partial charge in [0.05, 0.1) is 12.6 Å². The Bertz CT molecular complexity index is 901. The number of rotatable bonds is 4. The molecule has 1 aromatic heterocycles. The number of aromatic nitrogens is 2. The fraction of sp³-hybridized carbons (Fsp3) is 0.333. The van der Waals surface area contributed by atoms with Gasteiger partial charge in [-0.3, -0.25) is 0 Å². The first-order chi connectivity index (χ1) is 12.2. The summed E-state index contributed by atoms with van der Waals surface area (Å²) >= 11 is 0. The third-order valence-corrected chi connectivity index (χ3v) is 4.86. The van der Waals surface area contributed by atoms with Crippen molar-refractivity contribution in [1.29, 1.82) is 0 Å². The number of aryl methyl sites for hydroxylation is 1. The van der Waals surface area contributed by atoms with Gasteiger partial charge in [-0.05, 0) is 49.1 Å². The number of methoxy groups -OCH3 is 1. The topological polar surface area (TPSA) is 38.2 Å². The molecule has 0 bridgehead atoms. The van der Waals surface area contributed by atoms with E-state index in [1.54, 1.807) is 7.11 Å². The van der Waals surface area contributed by atoms with E-state index < -0.39 is 0 Å². The van der Waals surface area contributed by atoms with E-state index in [0.717, 1.165) is 53.4 Å². The van der Waals surface area contributed by atoms with Crippen LogP contribution in [0.15, 0.2) is 42.5 Å². The molecule has 0 atom stereocenters. The van der Waals surface area contributed by atoms with E-state index in [0.29, 0.717) is 0 Å². The highest BCUT2D eigenvalue weighted by Gasteiger charge is 2.18. The van der Waals surface area contributed by atoms with Crippen LogP contribution in [0.1, 0.15) is 29.8 Å². The molecular weight excluding hydrogens is 310 g/mol. The molecule has 0 saturated carbocycles. The second-order valence-electron chi connectivity index (χ2n) is 6.66. The number of nitrogens with zero attached hydrogens (tertiary/aromatic N) is 3. The van der Waals surface area contributed by atoms with Crippen molar-refractivity contribution in [3.8, 4) is 5.75 Å². The number of hydrogen-bond acceptors (Lipinski definition) is 4. The number of ether oxygens (including phenoxy) is 1. The molecule has 2 heterocycles. The van der Waals surface area contributed by atoms with Gasteiger partial charge in [-0.2, -0.15) is 0 Å². The molecule has 0 radical (unpaired) electrons. The van der Waals surface area contributed by atoms with E-state index in [1.807, 2.05) is 12.1 Å². The lowest BCUT2D eigenvalue weighted by atomic mass is 10.1. The van der Waals surface area contributed by atoms with Crippen molar-refractivity contribution in [3.63, 3.8) is 0 Å². The van der Waals surface area contributed by atoms with Crippen molar-refractivity contribution in [2.75, 3.05) is 25.1 Å². The number of anilines is 1. The van der Waals surface area contributed by atoms with Crippen molar-refractivity contribution >= 4 is 16.7 Å². The first kappa shape index (κ1) is 15.9. The molecule has 25 heavy (non-hydrogen) atoms. The lowest BCUT2D eigenvalue weighted by molar-refractivity contribution is 0.411. The SMILES string of the molecule is COc1ccc(Cc2nc(N3CCCC3)c3ccccc3n2)cc1C.